The number of benzene rings is 1. The molecule has 0 bridgehead atoms. The number of carbonyl (C=O) groups is 1. The van der Waals surface area contributed by atoms with Crippen molar-refractivity contribution in [2.45, 2.75) is 13.3 Å². The molecule has 0 spiro atoms. The molecule has 4 heteroatoms. The Labute approximate surface area is 112 Å². The molecule has 16 heavy (non-hydrogen) atoms. The summed E-state index contributed by atoms with van der Waals surface area (Å²) in [5.41, 5.74) is 2.16. The van der Waals surface area contributed by atoms with E-state index in [0.29, 0.717) is 12.3 Å². The summed E-state index contributed by atoms with van der Waals surface area (Å²) in [6.07, 6.45) is 0.650. The van der Waals surface area contributed by atoms with Gasteiger partial charge in [-0.2, -0.15) is 0 Å². The average molecular weight is 347 g/mol. The van der Waals surface area contributed by atoms with E-state index < -0.39 is 0 Å². The SMILES string of the molecule is Cc1c(Br)cccc1N1CC(CBr)CC1=O. The quantitative estimate of drug-likeness (QED) is 0.750. The van der Waals surface area contributed by atoms with Crippen LogP contribution in [0.15, 0.2) is 22.7 Å². The van der Waals surface area contributed by atoms with Gasteiger partial charge in [0.25, 0.3) is 0 Å². The molecular weight excluding hydrogens is 334 g/mol. The summed E-state index contributed by atoms with van der Waals surface area (Å²) in [4.78, 5) is 13.8. The third-order valence-corrected chi connectivity index (χ3v) is 4.73. The molecule has 1 amide bonds. The molecule has 0 saturated carbocycles. The zero-order valence-electron chi connectivity index (χ0n) is 9.04. The minimum atomic E-state index is 0.227. The molecule has 1 aliphatic heterocycles. The van der Waals surface area contributed by atoms with Crippen LogP contribution in [0.4, 0.5) is 5.69 Å². The summed E-state index contributed by atoms with van der Waals surface area (Å²) in [7, 11) is 0. The van der Waals surface area contributed by atoms with Crippen LogP contribution < -0.4 is 4.90 Å². The van der Waals surface area contributed by atoms with Gasteiger partial charge in [0.15, 0.2) is 0 Å². The lowest BCUT2D eigenvalue weighted by atomic mass is 10.1. The highest BCUT2D eigenvalue weighted by atomic mass is 79.9. The van der Waals surface area contributed by atoms with E-state index in [-0.39, 0.29) is 5.91 Å². The van der Waals surface area contributed by atoms with Crippen molar-refractivity contribution in [1.82, 2.24) is 0 Å². The summed E-state index contributed by atoms with van der Waals surface area (Å²) < 4.78 is 1.06. The van der Waals surface area contributed by atoms with Crippen molar-refractivity contribution in [1.29, 1.82) is 0 Å². The van der Waals surface area contributed by atoms with Crippen molar-refractivity contribution in [2.24, 2.45) is 5.92 Å². The monoisotopic (exact) mass is 345 g/mol. The topological polar surface area (TPSA) is 20.3 Å². The molecule has 0 aromatic heterocycles. The Morgan fingerprint density at radius 3 is 2.88 bits per heavy atom. The molecule has 86 valence electrons. The van der Waals surface area contributed by atoms with Gasteiger partial charge in [0.1, 0.15) is 0 Å². The first kappa shape index (κ1) is 12.1. The number of alkyl halides is 1. The molecule has 2 rings (SSSR count). The number of hydrogen-bond acceptors (Lipinski definition) is 1. The van der Waals surface area contributed by atoms with Crippen LogP contribution in [0.1, 0.15) is 12.0 Å². The van der Waals surface area contributed by atoms with Crippen LogP contribution in [0.5, 0.6) is 0 Å². The normalized spacial score (nSPS) is 20.6. The highest BCUT2D eigenvalue weighted by Crippen LogP contribution is 2.31. The summed E-state index contributed by atoms with van der Waals surface area (Å²) >= 11 is 6.95. The van der Waals surface area contributed by atoms with E-state index in [2.05, 4.69) is 31.9 Å². The van der Waals surface area contributed by atoms with Gasteiger partial charge in [-0.15, -0.1) is 0 Å². The Balaban J connectivity index is 2.31. The van der Waals surface area contributed by atoms with E-state index in [9.17, 15) is 4.79 Å². The predicted octanol–water partition coefficient (Wildman–Crippen LogP) is 3.51. The van der Waals surface area contributed by atoms with E-state index in [1.165, 1.54) is 0 Å². The molecule has 1 aliphatic rings. The maximum atomic E-state index is 11.9. The molecule has 1 atom stereocenters. The summed E-state index contributed by atoms with van der Waals surface area (Å²) in [5, 5.41) is 0.891. The van der Waals surface area contributed by atoms with Crippen molar-refractivity contribution in [3.8, 4) is 0 Å². The second-order valence-electron chi connectivity index (χ2n) is 4.11. The van der Waals surface area contributed by atoms with Gasteiger partial charge in [-0.05, 0) is 30.5 Å². The highest BCUT2D eigenvalue weighted by Gasteiger charge is 2.30. The van der Waals surface area contributed by atoms with E-state index in [0.717, 1.165) is 27.6 Å². The van der Waals surface area contributed by atoms with Crippen molar-refractivity contribution in [2.75, 3.05) is 16.8 Å². The summed E-state index contributed by atoms with van der Waals surface area (Å²) in [6, 6.07) is 5.98. The molecule has 1 saturated heterocycles. The van der Waals surface area contributed by atoms with E-state index in [1.807, 2.05) is 30.0 Å². The van der Waals surface area contributed by atoms with Crippen LogP contribution in [0, 0.1) is 12.8 Å². The van der Waals surface area contributed by atoms with Crippen LogP contribution in [0.25, 0.3) is 0 Å². The lowest BCUT2D eigenvalue weighted by Gasteiger charge is -2.19. The molecule has 1 heterocycles. The van der Waals surface area contributed by atoms with E-state index in [4.69, 9.17) is 0 Å². The average Bonchev–Trinajstić information content (AvgIpc) is 2.64. The molecule has 2 nitrogen and oxygen atoms in total. The summed E-state index contributed by atoms with van der Waals surface area (Å²) in [5.74, 6) is 0.663. The Hall–Kier alpha value is -0.350. The first-order chi connectivity index (χ1) is 7.63. The standard InChI is InChI=1S/C12H13Br2NO/c1-8-10(14)3-2-4-11(8)15-7-9(6-13)5-12(15)16/h2-4,9H,5-7H2,1H3. The van der Waals surface area contributed by atoms with Gasteiger partial charge >= 0.3 is 0 Å². The number of anilines is 1. The van der Waals surface area contributed by atoms with Gasteiger partial charge in [-0.1, -0.05) is 37.9 Å². The summed E-state index contributed by atoms with van der Waals surface area (Å²) in [6.45, 7) is 2.86. The van der Waals surface area contributed by atoms with Crippen LogP contribution in [0.2, 0.25) is 0 Å². The predicted molar refractivity (Wildman–Crippen MR) is 73.1 cm³/mol. The fourth-order valence-electron chi connectivity index (χ4n) is 2.01. The third kappa shape index (κ3) is 2.18. The number of nitrogens with zero attached hydrogens (tertiary/aromatic N) is 1. The van der Waals surface area contributed by atoms with Crippen LogP contribution in [-0.4, -0.2) is 17.8 Å². The van der Waals surface area contributed by atoms with Gasteiger partial charge in [0, 0.05) is 28.5 Å². The second-order valence-corrected chi connectivity index (χ2v) is 5.61. The molecule has 0 aliphatic carbocycles. The Kier molecular flexibility index (Phi) is 3.70. The second kappa shape index (κ2) is 4.88. The van der Waals surface area contributed by atoms with E-state index in [1.54, 1.807) is 0 Å². The highest BCUT2D eigenvalue weighted by molar-refractivity contribution is 9.10. The number of rotatable bonds is 2. The lowest BCUT2D eigenvalue weighted by Crippen LogP contribution is -2.25. The van der Waals surface area contributed by atoms with Gasteiger partial charge in [0.2, 0.25) is 5.91 Å². The van der Waals surface area contributed by atoms with Gasteiger partial charge < -0.3 is 4.90 Å². The Bertz CT molecular complexity index is 419. The Morgan fingerprint density at radius 2 is 2.25 bits per heavy atom. The zero-order chi connectivity index (χ0) is 11.7. The molecule has 1 unspecified atom stereocenters. The smallest absolute Gasteiger partial charge is 0.227 e. The van der Waals surface area contributed by atoms with Crippen LogP contribution in [0.3, 0.4) is 0 Å². The van der Waals surface area contributed by atoms with E-state index >= 15 is 0 Å². The molecule has 1 fully saturated rings. The van der Waals surface area contributed by atoms with Gasteiger partial charge in [0.05, 0.1) is 0 Å². The van der Waals surface area contributed by atoms with Crippen molar-refractivity contribution in [3.05, 3.63) is 28.2 Å². The maximum Gasteiger partial charge on any atom is 0.227 e. The fraction of sp³-hybridized carbons (Fsp3) is 0.417. The van der Waals surface area contributed by atoms with Crippen molar-refractivity contribution in [3.63, 3.8) is 0 Å². The number of amides is 1. The first-order valence-corrected chi connectivity index (χ1v) is 7.16. The van der Waals surface area contributed by atoms with Gasteiger partial charge in [-0.25, -0.2) is 0 Å². The number of hydrogen-bond donors (Lipinski definition) is 0. The van der Waals surface area contributed by atoms with Crippen molar-refractivity contribution < 1.29 is 4.79 Å². The number of carbonyl (C=O) groups excluding carboxylic acids is 1. The first-order valence-electron chi connectivity index (χ1n) is 5.25. The zero-order valence-corrected chi connectivity index (χ0v) is 12.2. The molecular formula is C12H13Br2NO. The van der Waals surface area contributed by atoms with Crippen LogP contribution >= 0.6 is 31.9 Å². The van der Waals surface area contributed by atoms with Crippen LogP contribution in [-0.2, 0) is 4.79 Å². The minimum Gasteiger partial charge on any atom is -0.312 e. The minimum absolute atomic E-state index is 0.227. The molecule has 1 aromatic carbocycles. The molecule has 1 aromatic rings. The number of halogens is 2. The third-order valence-electron chi connectivity index (χ3n) is 2.95. The largest absolute Gasteiger partial charge is 0.312 e. The Morgan fingerprint density at radius 1 is 1.50 bits per heavy atom. The lowest BCUT2D eigenvalue weighted by molar-refractivity contribution is -0.117. The van der Waals surface area contributed by atoms with Crippen molar-refractivity contribution >= 4 is 43.5 Å². The van der Waals surface area contributed by atoms with Gasteiger partial charge in [-0.3, -0.25) is 4.79 Å². The molecule has 0 radical (unpaired) electrons. The molecule has 0 N–H and O–H groups in total. The maximum absolute atomic E-state index is 11.9. The fourth-order valence-corrected chi connectivity index (χ4v) is 2.80.